The van der Waals surface area contributed by atoms with Crippen molar-refractivity contribution in [2.45, 2.75) is 69.6 Å². The van der Waals surface area contributed by atoms with Crippen LogP contribution in [0.4, 0.5) is 0 Å². The van der Waals surface area contributed by atoms with E-state index in [1.54, 1.807) is 17.8 Å². The third kappa shape index (κ3) is 4.65. The normalized spacial score (nSPS) is 29.1. The molecule has 2 aromatic rings. The Bertz CT molecular complexity index is 964. The number of likely N-dealkylation sites (tertiary alicyclic amines) is 1. The summed E-state index contributed by atoms with van der Waals surface area (Å²) < 4.78 is 7.93. The molecular formula is C27H36N2O3. The van der Waals surface area contributed by atoms with Crippen molar-refractivity contribution in [3.8, 4) is 5.75 Å². The molecule has 0 spiro atoms. The first kappa shape index (κ1) is 21.7. The van der Waals surface area contributed by atoms with Crippen LogP contribution in [0.25, 0.3) is 0 Å². The van der Waals surface area contributed by atoms with Crippen LogP contribution < -0.4 is 10.3 Å². The first-order chi connectivity index (χ1) is 15.6. The molecule has 2 aliphatic carbocycles. The smallest absolute Gasteiger partial charge is 0.254 e. The Hall–Kier alpha value is -2.11. The number of aryl methyl sites for hydroxylation is 1. The molecule has 32 heavy (non-hydrogen) atoms. The fourth-order valence-corrected chi connectivity index (χ4v) is 6.19. The number of ether oxygens (including phenoxy) is 1. The number of nitrogens with zero attached hydrogens (tertiary/aromatic N) is 2. The molecule has 3 aliphatic rings. The van der Waals surface area contributed by atoms with Gasteiger partial charge in [-0.15, -0.1) is 0 Å². The molecule has 1 N–H and O–H groups in total. The Balaban J connectivity index is 1.19. The molecule has 1 aromatic heterocycles. The second kappa shape index (κ2) is 9.40. The number of hydrogen-bond acceptors (Lipinski definition) is 4. The Labute approximate surface area is 191 Å². The van der Waals surface area contributed by atoms with Gasteiger partial charge in [-0.2, -0.15) is 0 Å². The highest BCUT2D eigenvalue weighted by Gasteiger charge is 2.42. The lowest BCUT2D eigenvalue weighted by Gasteiger charge is -2.35. The van der Waals surface area contributed by atoms with Gasteiger partial charge in [-0.1, -0.05) is 37.5 Å². The fourth-order valence-electron chi connectivity index (χ4n) is 6.19. The standard InChI is InChI=1S/C27H36N2O3/c1-28-13-5-8-21(27(28)31)16-29-17-22-14-25(30)26(15-23(22)18-29)32-24-11-9-20(10-12-24)19-6-3-2-4-7-19/h5,8-13,19,22-23,25-26,30H,2-4,6-7,14-18H2,1H3/t22-,23+,25+,26+/m0/s1. The van der Waals surface area contributed by atoms with E-state index in [0.717, 1.165) is 37.2 Å². The minimum absolute atomic E-state index is 0.0836. The second-order valence-electron chi connectivity index (χ2n) is 10.3. The van der Waals surface area contributed by atoms with Gasteiger partial charge < -0.3 is 14.4 Å². The first-order valence-corrected chi connectivity index (χ1v) is 12.4. The first-order valence-electron chi connectivity index (χ1n) is 12.4. The zero-order valence-electron chi connectivity index (χ0n) is 19.2. The molecule has 5 rings (SSSR count). The van der Waals surface area contributed by atoms with Gasteiger partial charge >= 0.3 is 0 Å². The van der Waals surface area contributed by atoms with Gasteiger partial charge in [0.05, 0.1) is 6.10 Å². The predicted octanol–water partition coefficient (Wildman–Crippen LogP) is 4.08. The van der Waals surface area contributed by atoms with Gasteiger partial charge in [0.2, 0.25) is 0 Å². The molecule has 0 radical (unpaired) electrons. The van der Waals surface area contributed by atoms with Crippen molar-refractivity contribution in [1.29, 1.82) is 0 Å². The average Bonchev–Trinajstić information content (AvgIpc) is 3.19. The molecule has 172 valence electrons. The summed E-state index contributed by atoms with van der Waals surface area (Å²) in [7, 11) is 1.80. The maximum Gasteiger partial charge on any atom is 0.254 e. The number of fused-ring (bicyclic) bond motifs is 1. The number of rotatable bonds is 5. The van der Waals surface area contributed by atoms with E-state index in [9.17, 15) is 9.90 Å². The molecule has 1 aliphatic heterocycles. The van der Waals surface area contributed by atoms with E-state index in [1.807, 2.05) is 12.1 Å². The summed E-state index contributed by atoms with van der Waals surface area (Å²) >= 11 is 0. The lowest BCUT2D eigenvalue weighted by molar-refractivity contribution is -0.0231. The minimum atomic E-state index is -0.432. The molecule has 0 unspecified atom stereocenters. The number of aromatic nitrogens is 1. The van der Waals surface area contributed by atoms with Gasteiger partial charge in [0.15, 0.2) is 0 Å². The van der Waals surface area contributed by atoms with Crippen LogP contribution in [0, 0.1) is 11.8 Å². The van der Waals surface area contributed by atoms with Crippen LogP contribution in [0.3, 0.4) is 0 Å². The highest BCUT2D eigenvalue weighted by atomic mass is 16.5. The summed E-state index contributed by atoms with van der Waals surface area (Å²) in [6, 6.07) is 12.5. The van der Waals surface area contributed by atoms with Crippen molar-refractivity contribution in [3.63, 3.8) is 0 Å². The van der Waals surface area contributed by atoms with Crippen LogP contribution in [-0.2, 0) is 13.6 Å². The van der Waals surface area contributed by atoms with Crippen molar-refractivity contribution >= 4 is 0 Å². The van der Waals surface area contributed by atoms with Crippen LogP contribution >= 0.6 is 0 Å². The van der Waals surface area contributed by atoms with E-state index in [2.05, 4.69) is 29.2 Å². The maximum absolute atomic E-state index is 12.4. The van der Waals surface area contributed by atoms with E-state index < -0.39 is 6.10 Å². The Morgan fingerprint density at radius 1 is 1.00 bits per heavy atom. The molecule has 5 nitrogen and oxygen atoms in total. The molecule has 4 atom stereocenters. The van der Waals surface area contributed by atoms with Crippen LogP contribution in [0.5, 0.6) is 5.75 Å². The number of benzene rings is 1. The van der Waals surface area contributed by atoms with Crippen molar-refractivity contribution in [1.82, 2.24) is 9.47 Å². The zero-order chi connectivity index (χ0) is 22.1. The van der Waals surface area contributed by atoms with Crippen LogP contribution in [-0.4, -0.2) is 39.9 Å². The molecule has 0 bridgehead atoms. The van der Waals surface area contributed by atoms with Crippen molar-refractivity contribution in [2.24, 2.45) is 18.9 Å². The molecule has 0 amide bonds. The summed E-state index contributed by atoms with van der Waals surface area (Å²) in [5.74, 6) is 2.56. The molecule has 1 saturated heterocycles. The summed E-state index contributed by atoms with van der Waals surface area (Å²) in [5.41, 5.74) is 2.36. The number of pyridine rings is 1. The second-order valence-corrected chi connectivity index (χ2v) is 10.3. The van der Waals surface area contributed by atoms with Crippen LogP contribution in [0.2, 0.25) is 0 Å². The zero-order valence-corrected chi connectivity index (χ0v) is 19.2. The van der Waals surface area contributed by atoms with Gasteiger partial charge in [-0.3, -0.25) is 9.69 Å². The molecule has 2 saturated carbocycles. The fraction of sp³-hybridized carbons (Fsp3) is 0.593. The lowest BCUT2D eigenvalue weighted by atomic mass is 9.78. The van der Waals surface area contributed by atoms with Crippen molar-refractivity contribution in [2.75, 3.05) is 13.1 Å². The van der Waals surface area contributed by atoms with E-state index in [-0.39, 0.29) is 11.7 Å². The van der Waals surface area contributed by atoms with Crippen molar-refractivity contribution < 1.29 is 9.84 Å². The predicted molar refractivity (Wildman–Crippen MR) is 126 cm³/mol. The lowest BCUT2D eigenvalue weighted by Crippen LogP contribution is -2.42. The molecule has 3 fully saturated rings. The van der Waals surface area contributed by atoms with Crippen molar-refractivity contribution in [3.05, 3.63) is 64.1 Å². The molecule has 5 heteroatoms. The Kier molecular flexibility index (Phi) is 6.38. The van der Waals surface area contributed by atoms with Gasteiger partial charge in [0.25, 0.3) is 5.56 Å². The van der Waals surface area contributed by atoms with E-state index in [4.69, 9.17) is 4.74 Å². The monoisotopic (exact) mass is 436 g/mol. The van der Waals surface area contributed by atoms with E-state index in [0.29, 0.717) is 24.3 Å². The quantitative estimate of drug-likeness (QED) is 0.767. The third-order valence-electron chi connectivity index (χ3n) is 8.00. The highest BCUT2D eigenvalue weighted by Crippen LogP contribution is 2.39. The Morgan fingerprint density at radius 3 is 2.47 bits per heavy atom. The summed E-state index contributed by atoms with van der Waals surface area (Å²) in [6.45, 7) is 2.60. The summed E-state index contributed by atoms with van der Waals surface area (Å²) in [5, 5.41) is 10.8. The van der Waals surface area contributed by atoms with Crippen LogP contribution in [0.1, 0.15) is 62.0 Å². The van der Waals surface area contributed by atoms with Crippen LogP contribution in [0.15, 0.2) is 47.4 Å². The van der Waals surface area contributed by atoms with E-state index in [1.165, 1.54) is 37.7 Å². The maximum atomic E-state index is 12.4. The highest BCUT2D eigenvalue weighted by molar-refractivity contribution is 5.30. The SMILES string of the molecule is Cn1cccc(CN2C[C@H]3C[C@@H](Oc4ccc(C5CCCCC5)cc4)[C@H](O)C[C@H]3C2)c1=O. The van der Waals surface area contributed by atoms with E-state index >= 15 is 0 Å². The number of aliphatic hydroxyl groups excluding tert-OH is 1. The molecule has 2 heterocycles. The van der Waals surface area contributed by atoms with Gasteiger partial charge in [0, 0.05) is 38.4 Å². The third-order valence-corrected chi connectivity index (χ3v) is 8.00. The summed E-state index contributed by atoms with van der Waals surface area (Å²) in [6.07, 6.45) is 9.53. The van der Waals surface area contributed by atoms with Gasteiger partial charge in [-0.25, -0.2) is 0 Å². The largest absolute Gasteiger partial charge is 0.488 e. The summed E-state index contributed by atoms with van der Waals surface area (Å²) in [4.78, 5) is 14.8. The minimum Gasteiger partial charge on any atom is -0.488 e. The van der Waals surface area contributed by atoms with Gasteiger partial charge in [-0.05, 0) is 67.2 Å². The Morgan fingerprint density at radius 2 is 1.72 bits per heavy atom. The average molecular weight is 437 g/mol. The molecule has 1 aromatic carbocycles. The topological polar surface area (TPSA) is 54.7 Å². The van der Waals surface area contributed by atoms with Gasteiger partial charge in [0.1, 0.15) is 11.9 Å². The molecular weight excluding hydrogens is 400 g/mol. The number of aliphatic hydroxyl groups is 1. The number of hydrogen-bond donors (Lipinski definition) is 1.